The Hall–Kier alpha value is -4.42. The van der Waals surface area contributed by atoms with Gasteiger partial charge in [0, 0.05) is 38.3 Å². The van der Waals surface area contributed by atoms with Crippen LogP contribution in [0.5, 0.6) is 0 Å². The first-order valence-corrected chi connectivity index (χ1v) is 17.0. The van der Waals surface area contributed by atoms with E-state index in [1.54, 1.807) is 30.0 Å². The van der Waals surface area contributed by atoms with Crippen molar-refractivity contribution in [3.05, 3.63) is 36.5 Å². The second-order valence-corrected chi connectivity index (χ2v) is 14.5. The predicted octanol–water partition coefficient (Wildman–Crippen LogP) is 3.40. The van der Waals surface area contributed by atoms with Gasteiger partial charge >= 0.3 is 5.97 Å². The highest BCUT2D eigenvalue weighted by atomic mass is 16.7. The summed E-state index contributed by atoms with van der Waals surface area (Å²) in [6.07, 6.45) is 13.3. The van der Waals surface area contributed by atoms with Crippen molar-refractivity contribution in [2.24, 2.45) is 40.4 Å². The lowest BCUT2D eigenvalue weighted by Crippen LogP contribution is -2.56. The molecule has 0 radical (unpaired) electrons. The van der Waals surface area contributed by atoms with Gasteiger partial charge in [0.1, 0.15) is 17.6 Å². The number of nitrogens with zero attached hydrogens (tertiary/aromatic N) is 4. The minimum Gasteiger partial charge on any atom is -0.382 e. The van der Waals surface area contributed by atoms with Crippen LogP contribution in [0, 0.1) is 40.4 Å². The molecule has 0 aromatic carbocycles. The van der Waals surface area contributed by atoms with Gasteiger partial charge in [-0.3, -0.25) is 19.2 Å². The number of carbonyl (C=O) groups is 5. The van der Waals surface area contributed by atoms with Crippen molar-refractivity contribution in [3.63, 3.8) is 0 Å². The standard InChI is InChI=1S/C35H45N7O6/c1-20(43)24-6-7-25-29-23(17-21-16-22(44)10-12-34(21,2)26(29)11-13-35(24,25)3)33(47)48-41-28(46)9-8-27(45)37-14-4-5-15-42-19-40-30-31(36)38-18-39-32(30)42/h4-5,16,18-19,23-26,29H,6-15,17H2,1-3H3,(H,37,45)(H,41,46)(H2,36,38,39)/b5-4+/t23-,24-,25+,26+,29+,34+,35-/m1/s1. The number of allylic oxidation sites excluding steroid dienone is 2. The summed E-state index contributed by atoms with van der Waals surface area (Å²) in [5.74, 6) is -1.01. The van der Waals surface area contributed by atoms with E-state index in [4.69, 9.17) is 10.6 Å². The lowest BCUT2D eigenvalue weighted by atomic mass is 9.44. The molecule has 0 saturated heterocycles. The molecule has 3 saturated carbocycles. The maximum atomic E-state index is 13.7. The van der Waals surface area contributed by atoms with Gasteiger partial charge in [-0.25, -0.2) is 19.7 Å². The van der Waals surface area contributed by atoms with Gasteiger partial charge in [0.2, 0.25) is 5.91 Å². The maximum absolute atomic E-state index is 13.7. The highest BCUT2D eigenvalue weighted by Crippen LogP contribution is 2.68. The molecule has 3 fully saturated rings. The Morgan fingerprint density at radius 3 is 2.62 bits per heavy atom. The van der Waals surface area contributed by atoms with E-state index < -0.39 is 17.8 Å². The summed E-state index contributed by atoms with van der Waals surface area (Å²) < 4.78 is 1.80. The molecule has 7 atom stereocenters. The topological polar surface area (TPSA) is 188 Å². The molecule has 4 N–H and O–H groups in total. The quantitative estimate of drug-likeness (QED) is 0.266. The molecule has 13 nitrogen and oxygen atoms in total. The number of nitrogens with two attached hydrogens (primary N) is 1. The van der Waals surface area contributed by atoms with Gasteiger partial charge in [-0.15, -0.1) is 0 Å². The second-order valence-electron chi connectivity index (χ2n) is 14.5. The minimum absolute atomic E-state index is 0.00871. The summed E-state index contributed by atoms with van der Waals surface area (Å²) >= 11 is 0. The van der Waals surface area contributed by atoms with E-state index in [9.17, 15) is 24.0 Å². The minimum atomic E-state index is -0.572. The third-order valence-corrected chi connectivity index (χ3v) is 12.0. The summed E-state index contributed by atoms with van der Waals surface area (Å²) in [4.78, 5) is 81.6. The first-order chi connectivity index (χ1) is 22.9. The van der Waals surface area contributed by atoms with E-state index in [-0.39, 0.29) is 71.4 Å². The van der Waals surface area contributed by atoms with Gasteiger partial charge in [-0.05, 0) is 80.1 Å². The Kier molecular flexibility index (Phi) is 9.23. The molecule has 4 aliphatic rings. The van der Waals surface area contributed by atoms with E-state index in [1.807, 2.05) is 6.08 Å². The zero-order valence-electron chi connectivity index (χ0n) is 27.9. The molecule has 0 aliphatic heterocycles. The molecule has 0 bridgehead atoms. The zero-order valence-corrected chi connectivity index (χ0v) is 27.9. The Bertz CT molecular complexity index is 1700. The predicted molar refractivity (Wildman–Crippen MR) is 175 cm³/mol. The number of imidazole rings is 1. The number of carbonyl (C=O) groups excluding carboxylic acids is 5. The number of nitrogen functional groups attached to an aromatic ring is 1. The molecule has 0 spiro atoms. The van der Waals surface area contributed by atoms with Crippen molar-refractivity contribution in [2.45, 2.75) is 85.1 Å². The second kappa shape index (κ2) is 13.2. The van der Waals surface area contributed by atoms with E-state index in [2.05, 4.69) is 39.6 Å². The SMILES string of the molecule is CC(=O)[C@H]1CC[C@H]2[C@@H]3[C@H](C(=O)ONC(=O)CCC(=O)NC/C=C/Cn4cnc5c(N)ncnc54)CC4=CC(=O)CC[C@]4(C)[C@H]3CC[C@]12C. The van der Waals surface area contributed by atoms with Gasteiger partial charge in [0.05, 0.1) is 12.2 Å². The maximum Gasteiger partial charge on any atom is 0.335 e. The number of fused-ring (bicyclic) bond motifs is 6. The van der Waals surface area contributed by atoms with E-state index in [0.29, 0.717) is 36.4 Å². The Labute approximate surface area is 279 Å². The first kappa shape index (κ1) is 33.5. The highest BCUT2D eigenvalue weighted by Gasteiger charge is 2.63. The molecule has 2 aromatic heterocycles. The van der Waals surface area contributed by atoms with E-state index >= 15 is 0 Å². The summed E-state index contributed by atoms with van der Waals surface area (Å²) in [5.41, 5.74) is 9.88. The number of anilines is 1. The number of hydrogen-bond donors (Lipinski definition) is 3. The number of hydroxylamine groups is 1. The van der Waals surface area contributed by atoms with Crippen LogP contribution in [0.3, 0.4) is 0 Å². The molecule has 13 heteroatoms. The van der Waals surface area contributed by atoms with Crippen LogP contribution in [0.25, 0.3) is 11.2 Å². The van der Waals surface area contributed by atoms with Crippen molar-refractivity contribution < 1.29 is 28.8 Å². The van der Waals surface area contributed by atoms with E-state index in [0.717, 1.165) is 37.7 Å². The number of nitrogens with one attached hydrogen (secondary N) is 2. The number of hydrogen-bond acceptors (Lipinski definition) is 10. The average Bonchev–Trinajstić information content (AvgIpc) is 3.64. The van der Waals surface area contributed by atoms with Gasteiger partial charge in [-0.1, -0.05) is 31.6 Å². The van der Waals surface area contributed by atoms with Gasteiger partial charge in [0.25, 0.3) is 5.91 Å². The average molecular weight is 660 g/mol. The third-order valence-electron chi connectivity index (χ3n) is 12.0. The van der Waals surface area contributed by atoms with Crippen molar-refractivity contribution in [1.29, 1.82) is 0 Å². The van der Waals surface area contributed by atoms with Crippen LogP contribution in [0.1, 0.15) is 78.6 Å². The molecule has 2 amide bonds. The van der Waals surface area contributed by atoms with Gasteiger partial charge in [-0.2, -0.15) is 5.48 Å². The molecular formula is C35H45N7O6. The van der Waals surface area contributed by atoms with Crippen molar-refractivity contribution in [2.75, 3.05) is 12.3 Å². The number of rotatable bonds is 9. The van der Waals surface area contributed by atoms with Crippen LogP contribution >= 0.6 is 0 Å². The Balaban J connectivity index is 1.02. The lowest BCUT2D eigenvalue weighted by Gasteiger charge is -2.59. The fraction of sp³-hybridized carbons (Fsp3) is 0.600. The molecule has 2 heterocycles. The van der Waals surface area contributed by atoms with Gasteiger partial charge < -0.3 is 20.5 Å². The number of Topliss-reactive ketones (excluding diaryl/α,β-unsaturated/α-hetero) is 1. The molecule has 4 aliphatic carbocycles. The first-order valence-electron chi connectivity index (χ1n) is 17.0. The monoisotopic (exact) mass is 659 g/mol. The molecule has 2 aromatic rings. The number of aromatic nitrogens is 4. The van der Waals surface area contributed by atoms with Crippen LogP contribution in [-0.4, -0.2) is 55.4 Å². The van der Waals surface area contributed by atoms with Crippen LogP contribution in [0.2, 0.25) is 0 Å². The van der Waals surface area contributed by atoms with E-state index in [1.165, 1.54) is 6.33 Å². The normalized spacial score (nSPS) is 31.0. The Morgan fingerprint density at radius 2 is 1.83 bits per heavy atom. The summed E-state index contributed by atoms with van der Waals surface area (Å²) in [5, 5.41) is 2.74. The smallest absolute Gasteiger partial charge is 0.335 e. The molecule has 6 rings (SSSR count). The van der Waals surface area contributed by atoms with Crippen LogP contribution in [0.15, 0.2) is 36.5 Å². The Morgan fingerprint density at radius 1 is 1.04 bits per heavy atom. The number of amides is 2. The summed E-state index contributed by atoms with van der Waals surface area (Å²) in [6.45, 7) is 6.87. The fourth-order valence-corrected chi connectivity index (χ4v) is 9.50. The summed E-state index contributed by atoms with van der Waals surface area (Å²) in [6, 6.07) is 0. The summed E-state index contributed by atoms with van der Waals surface area (Å²) in [7, 11) is 0. The largest absolute Gasteiger partial charge is 0.382 e. The van der Waals surface area contributed by atoms with Crippen molar-refractivity contribution in [3.8, 4) is 0 Å². The van der Waals surface area contributed by atoms with Crippen molar-refractivity contribution in [1.82, 2.24) is 30.3 Å². The van der Waals surface area contributed by atoms with Crippen LogP contribution in [0.4, 0.5) is 5.82 Å². The van der Waals surface area contributed by atoms with Crippen LogP contribution in [-0.2, 0) is 35.4 Å². The van der Waals surface area contributed by atoms with Crippen molar-refractivity contribution >= 4 is 46.3 Å². The molecular weight excluding hydrogens is 614 g/mol. The molecule has 256 valence electrons. The van der Waals surface area contributed by atoms with Gasteiger partial charge in [0.15, 0.2) is 17.2 Å². The molecule has 0 unspecified atom stereocenters. The lowest BCUT2D eigenvalue weighted by molar-refractivity contribution is -0.172. The zero-order chi connectivity index (χ0) is 34.2. The number of ketones is 2. The third kappa shape index (κ3) is 6.14. The highest BCUT2D eigenvalue weighted by molar-refractivity contribution is 5.92. The molecule has 48 heavy (non-hydrogen) atoms. The van der Waals surface area contributed by atoms with Crippen LogP contribution < -0.4 is 16.5 Å². The fourth-order valence-electron chi connectivity index (χ4n) is 9.50.